The quantitative estimate of drug-likeness (QED) is 0.669. The van der Waals surface area contributed by atoms with Gasteiger partial charge >= 0.3 is 0 Å². The largest absolute Gasteiger partial charge is 0.313 e. The van der Waals surface area contributed by atoms with Crippen LogP contribution < -0.4 is 5.32 Å². The number of halogens is 1. The van der Waals surface area contributed by atoms with E-state index in [2.05, 4.69) is 41.5 Å². The summed E-state index contributed by atoms with van der Waals surface area (Å²) in [5.41, 5.74) is 3.79. The Bertz CT molecular complexity index is 1070. The fourth-order valence-electron chi connectivity index (χ4n) is 3.84. The topological polar surface area (TPSA) is 62.3 Å². The molecular formula is C22H26ClN3O2S. The van der Waals surface area contributed by atoms with Crippen molar-refractivity contribution in [1.82, 2.24) is 14.6 Å². The van der Waals surface area contributed by atoms with Crippen molar-refractivity contribution in [2.75, 3.05) is 19.6 Å². The van der Waals surface area contributed by atoms with Crippen molar-refractivity contribution in [3.8, 4) is 0 Å². The molecule has 0 saturated carbocycles. The second-order valence-electron chi connectivity index (χ2n) is 7.17. The Hall–Kier alpha value is -1.99. The lowest BCUT2D eigenvalue weighted by atomic mass is 10.0. The molecule has 1 fully saturated rings. The standard InChI is InChI=1S/C22H25N3O2S.ClH/c1-2-17-8-10-18(11-9-17)21-15-23-13-14-25(21)28(26,27)16-20-6-3-5-19-7-4-12-24-22(19)20;/h3-12,21,23H,2,13-16H2,1H3;1H. The number of aromatic nitrogens is 1. The molecule has 0 bridgehead atoms. The summed E-state index contributed by atoms with van der Waals surface area (Å²) in [7, 11) is -3.49. The molecule has 1 N–H and O–H groups in total. The van der Waals surface area contributed by atoms with Crippen molar-refractivity contribution in [2.45, 2.75) is 25.1 Å². The van der Waals surface area contributed by atoms with Gasteiger partial charge in [-0.3, -0.25) is 4.98 Å². The maximum absolute atomic E-state index is 13.4. The Kier molecular flexibility index (Phi) is 6.90. The van der Waals surface area contributed by atoms with E-state index in [1.54, 1.807) is 10.5 Å². The zero-order valence-electron chi connectivity index (χ0n) is 16.4. The average molecular weight is 432 g/mol. The molecule has 154 valence electrons. The van der Waals surface area contributed by atoms with Gasteiger partial charge in [0, 0.05) is 31.2 Å². The maximum atomic E-state index is 13.4. The van der Waals surface area contributed by atoms with E-state index in [0.29, 0.717) is 19.6 Å². The molecule has 1 unspecified atom stereocenters. The summed E-state index contributed by atoms with van der Waals surface area (Å²) in [6.45, 7) is 3.88. The fourth-order valence-corrected chi connectivity index (χ4v) is 5.59. The van der Waals surface area contributed by atoms with Gasteiger partial charge in [0.25, 0.3) is 0 Å². The smallest absolute Gasteiger partial charge is 0.219 e. The molecule has 5 nitrogen and oxygen atoms in total. The van der Waals surface area contributed by atoms with E-state index in [0.717, 1.165) is 28.5 Å². The number of hydrogen-bond donors (Lipinski definition) is 1. The van der Waals surface area contributed by atoms with Crippen molar-refractivity contribution in [2.24, 2.45) is 0 Å². The molecule has 0 aliphatic carbocycles. The van der Waals surface area contributed by atoms with Crippen LogP contribution in [0.5, 0.6) is 0 Å². The van der Waals surface area contributed by atoms with Crippen LogP contribution in [0.4, 0.5) is 0 Å². The monoisotopic (exact) mass is 431 g/mol. The lowest BCUT2D eigenvalue weighted by molar-refractivity contribution is 0.271. The third-order valence-corrected chi connectivity index (χ3v) is 7.21. The molecule has 1 aliphatic heterocycles. The predicted molar refractivity (Wildman–Crippen MR) is 120 cm³/mol. The number of piperazine rings is 1. The summed E-state index contributed by atoms with van der Waals surface area (Å²) in [5.74, 6) is -0.0368. The molecule has 2 heterocycles. The number of para-hydroxylation sites is 1. The molecule has 3 aromatic rings. The number of aryl methyl sites for hydroxylation is 1. The summed E-state index contributed by atoms with van der Waals surface area (Å²) < 4.78 is 28.4. The molecular weight excluding hydrogens is 406 g/mol. The van der Waals surface area contributed by atoms with Gasteiger partial charge in [0.2, 0.25) is 10.0 Å². The Labute approximate surface area is 178 Å². The summed E-state index contributed by atoms with van der Waals surface area (Å²) in [4.78, 5) is 4.41. The number of hydrogen-bond acceptors (Lipinski definition) is 4. The molecule has 0 amide bonds. The Morgan fingerprint density at radius 2 is 1.86 bits per heavy atom. The third-order valence-electron chi connectivity index (χ3n) is 5.38. The first-order valence-electron chi connectivity index (χ1n) is 9.70. The van der Waals surface area contributed by atoms with E-state index in [1.165, 1.54) is 5.56 Å². The Balaban J connectivity index is 0.00000240. The van der Waals surface area contributed by atoms with Crippen molar-refractivity contribution in [3.05, 3.63) is 77.5 Å². The molecule has 1 aromatic heterocycles. The number of fused-ring (bicyclic) bond motifs is 1. The molecule has 1 aliphatic rings. The van der Waals surface area contributed by atoms with Crippen LogP contribution in [0.1, 0.15) is 29.7 Å². The number of rotatable bonds is 5. The number of sulfonamides is 1. The van der Waals surface area contributed by atoms with E-state index in [-0.39, 0.29) is 24.2 Å². The van der Waals surface area contributed by atoms with E-state index in [9.17, 15) is 8.42 Å². The van der Waals surface area contributed by atoms with Gasteiger partial charge in [-0.1, -0.05) is 55.5 Å². The summed E-state index contributed by atoms with van der Waals surface area (Å²) >= 11 is 0. The lowest BCUT2D eigenvalue weighted by Crippen LogP contribution is -2.48. The van der Waals surface area contributed by atoms with Gasteiger partial charge in [0.1, 0.15) is 0 Å². The summed E-state index contributed by atoms with van der Waals surface area (Å²) in [6.07, 6.45) is 2.68. The number of nitrogens with zero attached hydrogens (tertiary/aromatic N) is 2. The van der Waals surface area contributed by atoms with Crippen molar-refractivity contribution in [1.29, 1.82) is 0 Å². The molecule has 29 heavy (non-hydrogen) atoms. The van der Waals surface area contributed by atoms with Crippen LogP contribution in [0.2, 0.25) is 0 Å². The molecule has 7 heteroatoms. The minimum atomic E-state index is -3.49. The van der Waals surface area contributed by atoms with Crippen LogP contribution >= 0.6 is 12.4 Å². The van der Waals surface area contributed by atoms with Crippen LogP contribution in [0.3, 0.4) is 0 Å². The normalized spacial score (nSPS) is 17.8. The van der Waals surface area contributed by atoms with Crippen molar-refractivity contribution >= 4 is 33.3 Å². The van der Waals surface area contributed by atoms with Gasteiger partial charge in [0.05, 0.1) is 17.3 Å². The number of nitrogens with one attached hydrogen (secondary N) is 1. The van der Waals surface area contributed by atoms with Crippen LogP contribution in [0.15, 0.2) is 60.8 Å². The molecule has 0 spiro atoms. The molecule has 4 rings (SSSR count). The zero-order chi connectivity index (χ0) is 19.6. The highest BCUT2D eigenvalue weighted by Crippen LogP contribution is 2.28. The summed E-state index contributed by atoms with van der Waals surface area (Å²) in [6, 6.07) is 17.6. The van der Waals surface area contributed by atoms with Crippen molar-refractivity contribution in [3.63, 3.8) is 0 Å². The highest BCUT2D eigenvalue weighted by molar-refractivity contribution is 7.88. The van der Waals surface area contributed by atoms with Crippen LogP contribution in [-0.2, 0) is 22.2 Å². The van der Waals surface area contributed by atoms with E-state index in [4.69, 9.17) is 0 Å². The van der Waals surface area contributed by atoms with Gasteiger partial charge in [-0.05, 0) is 29.2 Å². The third kappa shape index (κ3) is 4.61. The van der Waals surface area contributed by atoms with Crippen LogP contribution in [0, 0.1) is 0 Å². The Morgan fingerprint density at radius 3 is 2.62 bits per heavy atom. The first kappa shape index (κ1) is 21.7. The van der Waals surface area contributed by atoms with Gasteiger partial charge < -0.3 is 5.32 Å². The predicted octanol–water partition coefficient (Wildman–Crippen LogP) is 3.70. The van der Waals surface area contributed by atoms with E-state index in [1.807, 2.05) is 30.3 Å². The first-order valence-corrected chi connectivity index (χ1v) is 11.3. The van der Waals surface area contributed by atoms with Gasteiger partial charge in [0.15, 0.2) is 0 Å². The average Bonchev–Trinajstić information content (AvgIpc) is 2.74. The minimum Gasteiger partial charge on any atom is -0.313 e. The van der Waals surface area contributed by atoms with E-state index < -0.39 is 10.0 Å². The van der Waals surface area contributed by atoms with Crippen LogP contribution in [-0.4, -0.2) is 37.3 Å². The molecule has 0 radical (unpaired) electrons. The van der Waals surface area contributed by atoms with Gasteiger partial charge in [-0.25, -0.2) is 8.42 Å². The maximum Gasteiger partial charge on any atom is 0.219 e. The van der Waals surface area contributed by atoms with E-state index >= 15 is 0 Å². The molecule has 2 aromatic carbocycles. The zero-order valence-corrected chi connectivity index (χ0v) is 18.0. The molecule has 1 saturated heterocycles. The van der Waals surface area contributed by atoms with Crippen LogP contribution in [0.25, 0.3) is 10.9 Å². The van der Waals surface area contributed by atoms with Gasteiger partial charge in [-0.2, -0.15) is 4.31 Å². The van der Waals surface area contributed by atoms with Crippen molar-refractivity contribution < 1.29 is 8.42 Å². The summed E-state index contributed by atoms with van der Waals surface area (Å²) in [5, 5.41) is 4.30. The highest BCUT2D eigenvalue weighted by Gasteiger charge is 2.33. The lowest BCUT2D eigenvalue weighted by Gasteiger charge is -2.35. The second kappa shape index (κ2) is 9.22. The van der Waals surface area contributed by atoms with Gasteiger partial charge in [-0.15, -0.1) is 12.4 Å². The fraction of sp³-hybridized carbons (Fsp3) is 0.318. The highest BCUT2D eigenvalue weighted by atomic mass is 35.5. The molecule has 1 atom stereocenters. The SMILES string of the molecule is CCc1ccc(C2CNCCN2S(=O)(=O)Cc2cccc3cccnc23)cc1.Cl. The minimum absolute atomic E-state index is 0. The Morgan fingerprint density at radius 1 is 1.10 bits per heavy atom. The first-order chi connectivity index (χ1) is 13.6. The second-order valence-corrected chi connectivity index (χ2v) is 9.10. The number of benzene rings is 2. The number of pyridine rings is 1.